The SMILES string of the molecule is O=[C]NC12CC(C1)C2. The Morgan fingerprint density at radius 3 is 2.25 bits per heavy atom. The molecule has 0 unspecified atom stereocenters. The van der Waals surface area contributed by atoms with Gasteiger partial charge in [0, 0.05) is 5.54 Å². The molecule has 3 rings (SSSR count). The van der Waals surface area contributed by atoms with Crippen LogP contribution in [0.1, 0.15) is 19.3 Å². The second kappa shape index (κ2) is 1.07. The normalized spacial score (nSPS) is 48.8. The number of hydrogen-bond donors (Lipinski definition) is 1. The summed E-state index contributed by atoms with van der Waals surface area (Å²) in [7, 11) is 0. The van der Waals surface area contributed by atoms with Crippen molar-refractivity contribution in [2.75, 3.05) is 0 Å². The van der Waals surface area contributed by atoms with E-state index in [9.17, 15) is 4.79 Å². The van der Waals surface area contributed by atoms with Gasteiger partial charge in [0.2, 0.25) is 0 Å². The summed E-state index contributed by atoms with van der Waals surface area (Å²) >= 11 is 0. The summed E-state index contributed by atoms with van der Waals surface area (Å²) in [6.07, 6.45) is 5.38. The van der Waals surface area contributed by atoms with Gasteiger partial charge in [0.25, 0.3) is 0 Å². The Morgan fingerprint density at radius 1 is 1.50 bits per heavy atom. The third kappa shape index (κ3) is 0.320. The van der Waals surface area contributed by atoms with Gasteiger partial charge in [-0.05, 0) is 25.2 Å². The molecule has 2 nitrogen and oxygen atoms in total. The molecule has 0 aromatic carbocycles. The van der Waals surface area contributed by atoms with Gasteiger partial charge in [-0.2, -0.15) is 0 Å². The first-order chi connectivity index (χ1) is 3.85. The zero-order valence-corrected chi connectivity index (χ0v) is 4.61. The average molecular weight is 110 g/mol. The third-order valence-electron chi connectivity index (χ3n) is 2.35. The molecule has 1 amide bonds. The molecule has 0 saturated heterocycles. The Balaban J connectivity index is 1.95. The molecule has 0 atom stereocenters. The molecular weight excluding hydrogens is 102 g/mol. The van der Waals surface area contributed by atoms with E-state index in [1.165, 1.54) is 19.3 Å². The van der Waals surface area contributed by atoms with Crippen LogP contribution in [0.15, 0.2) is 0 Å². The van der Waals surface area contributed by atoms with Gasteiger partial charge in [-0.25, -0.2) is 0 Å². The molecule has 0 aromatic rings. The Kier molecular flexibility index (Phi) is 0.581. The molecule has 3 aliphatic rings. The van der Waals surface area contributed by atoms with Crippen LogP contribution >= 0.6 is 0 Å². The van der Waals surface area contributed by atoms with Crippen molar-refractivity contribution in [2.45, 2.75) is 24.8 Å². The quantitative estimate of drug-likeness (QED) is 0.505. The molecule has 3 saturated carbocycles. The van der Waals surface area contributed by atoms with Crippen molar-refractivity contribution in [1.82, 2.24) is 5.32 Å². The third-order valence-corrected chi connectivity index (χ3v) is 2.35. The summed E-state index contributed by atoms with van der Waals surface area (Å²) in [4.78, 5) is 9.80. The van der Waals surface area contributed by atoms with Crippen LogP contribution in [0, 0.1) is 5.92 Å². The standard InChI is InChI=1S/C6H8NO/c8-4-7-6-1-5(2-6)3-6/h5H,1-3H2,(H,7,8). The molecular formula is C6H8NO. The largest absolute Gasteiger partial charge is 0.342 e. The van der Waals surface area contributed by atoms with E-state index < -0.39 is 0 Å². The van der Waals surface area contributed by atoms with Crippen molar-refractivity contribution in [3.05, 3.63) is 0 Å². The maximum absolute atomic E-state index is 9.80. The van der Waals surface area contributed by atoms with Crippen LogP contribution in [-0.2, 0) is 4.79 Å². The summed E-state index contributed by atoms with van der Waals surface area (Å²) < 4.78 is 0. The highest BCUT2D eigenvalue weighted by molar-refractivity contribution is 5.50. The molecule has 1 N–H and O–H groups in total. The lowest BCUT2D eigenvalue weighted by Gasteiger charge is -2.61. The maximum atomic E-state index is 9.80. The van der Waals surface area contributed by atoms with Crippen LogP contribution in [0.5, 0.6) is 0 Å². The number of amides is 1. The molecule has 0 aromatic heterocycles. The fraction of sp³-hybridized carbons (Fsp3) is 0.833. The van der Waals surface area contributed by atoms with E-state index in [1.807, 2.05) is 0 Å². The fourth-order valence-electron chi connectivity index (χ4n) is 1.74. The molecule has 3 aliphatic carbocycles. The number of nitrogens with one attached hydrogen (secondary N) is 1. The Bertz CT molecular complexity index is 115. The Labute approximate surface area is 48.3 Å². The minimum atomic E-state index is 0.242. The zero-order valence-electron chi connectivity index (χ0n) is 4.61. The van der Waals surface area contributed by atoms with E-state index in [0.29, 0.717) is 0 Å². The van der Waals surface area contributed by atoms with Gasteiger partial charge in [-0.1, -0.05) is 0 Å². The smallest absolute Gasteiger partial charge is 0.309 e. The predicted molar refractivity (Wildman–Crippen MR) is 28.9 cm³/mol. The maximum Gasteiger partial charge on any atom is 0.309 e. The van der Waals surface area contributed by atoms with E-state index >= 15 is 0 Å². The van der Waals surface area contributed by atoms with Gasteiger partial charge >= 0.3 is 6.41 Å². The lowest BCUT2D eigenvalue weighted by molar-refractivity contribution is -0.0354. The minimum Gasteiger partial charge on any atom is -0.342 e. The summed E-state index contributed by atoms with van der Waals surface area (Å²) in [6.45, 7) is 0. The highest BCUT2D eigenvalue weighted by Gasteiger charge is 2.56. The van der Waals surface area contributed by atoms with Crippen molar-refractivity contribution in [2.24, 2.45) is 5.92 Å². The predicted octanol–water partition coefficient (Wildman–Crippen LogP) is 0.196. The number of rotatable bonds is 2. The monoisotopic (exact) mass is 110 g/mol. The summed E-state index contributed by atoms with van der Waals surface area (Å²) in [5, 5.41) is 2.72. The highest BCUT2D eigenvalue weighted by Crippen LogP contribution is 2.56. The van der Waals surface area contributed by atoms with Gasteiger partial charge in [-0.3, -0.25) is 4.79 Å². The lowest BCUT2D eigenvalue weighted by atomic mass is 9.50. The van der Waals surface area contributed by atoms with Gasteiger partial charge in [-0.15, -0.1) is 0 Å². The van der Waals surface area contributed by atoms with Crippen LogP contribution in [0.25, 0.3) is 0 Å². The van der Waals surface area contributed by atoms with Crippen molar-refractivity contribution >= 4 is 6.41 Å². The van der Waals surface area contributed by atoms with Crippen LogP contribution < -0.4 is 5.32 Å². The highest BCUT2D eigenvalue weighted by atomic mass is 16.1. The number of carbonyl (C=O) groups excluding carboxylic acids is 1. The van der Waals surface area contributed by atoms with Crippen molar-refractivity contribution in [3.63, 3.8) is 0 Å². The second-order valence-electron chi connectivity index (χ2n) is 2.99. The van der Waals surface area contributed by atoms with E-state index in [2.05, 4.69) is 5.32 Å². The topological polar surface area (TPSA) is 29.1 Å². The molecule has 0 heterocycles. The summed E-state index contributed by atoms with van der Waals surface area (Å²) in [5.74, 6) is 0.941. The van der Waals surface area contributed by atoms with Gasteiger partial charge < -0.3 is 5.32 Å². The molecule has 43 valence electrons. The first kappa shape index (κ1) is 4.36. The molecule has 1 radical (unpaired) electrons. The molecule has 0 aliphatic heterocycles. The van der Waals surface area contributed by atoms with Gasteiger partial charge in [0.15, 0.2) is 0 Å². The first-order valence-corrected chi connectivity index (χ1v) is 2.99. The van der Waals surface area contributed by atoms with Crippen LogP contribution in [0.4, 0.5) is 0 Å². The van der Waals surface area contributed by atoms with Crippen molar-refractivity contribution in [1.29, 1.82) is 0 Å². The number of hydrogen-bond acceptors (Lipinski definition) is 1. The van der Waals surface area contributed by atoms with E-state index in [1.54, 1.807) is 6.41 Å². The minimum absolute atomic E-state index is 0.242. The van der Waals surface area contributed by atoms with Crippen molar-refractivity contribution < 1.29 is 4.79 Å². The second-order valence-corrected chi connectivity index (χ2v) is 2.99. The summed E-state index contributed by atoms with van der Waals surface area (Å²) in [5.41, 5.74) is 0.242. The van der Waals surface area contributed by atoms with Crippen LogP contribution in [0.3, 0.4) is 0 Å². The van der Waals surface area contributed by atoms with E-state index in [-0.39, 0.29) is 5.54 Å². The van der Waals surface area contributed by atoms with Crippen LogP contribution in [0.2, 0.25) is 0 Å². The Hall–Kier alpha value is -0.530. The molecule has 8 heavy (non-hydrogen) atoms. The van der Waals surface area contributed by atoms with Gasteiger partial charge in [0.05, 0.1) is 0 Å². The van der Waals surface area contributed by atoms with Crippen molar-refractivity contribution in [3.8, 4) is 0 Å². The van der Waals surface area contributed by atoms with E-state index in [4.69, 9.17) is 0 Å². The Morgan fingerprint density at radius 2 is 2.12 bits per heavy atom. The van der Waals surface area contributed by atoms with E-state index in [0.717, 1.165) is 5.92 Å². The zero-order chi connectivity index (χ0) is 5.61. The first-order valence-electron chi connectivity index (χ1n) is 2.99. The molecule has 3 fully saturated rings. The molecule has 0 spiro atoms. The van der Waals surface area contributed by atoms with Gasteiger partial charge in [0.1, 0.15) is 0 Å². The lowest BCUT2D eigenvalue weighted by Crippen LogP contribution is -2.66. The van der Waals surface area contributed by atoms with Crippen LogP contribution in [-0.4, -0.2) is 11.9 Å². The molecule has 2 heteroatoms. The average Bonchev–Trinajstić information content (AvgIpc) is 1.50. The summed E-state index contributed by atoms with van der Waals surface area (Å²) in [6, 6.07) is 0. The fourth-order valence-corrected chi connectivity index (χ4v) is 1.74. The molecule has 2 bridgehead atoms.